The van der Waals surface area contributed by atoms with Crippen molar-refractivity contribution in [3.05, 3.63) is 4.88 Å². The molecule has 7 nitrogen and oxygen atoms in total. The van der Waals surface area contributed by atoms with Crippen LogP contribution in [0.15, 0.2) is 0 Å². The van der Waals surface area contributed by atoms with Crippen molar-refractivity contribution in [3.8, 4) is 0 Å². The molecule has 0 bridgehead atoms. The van der Waals surface area contributed by atoms with Crippen LogP contribution in [0.25, 0.3) is 0 Å². The number of likely N-dealkylation sites (tertiary alicyclic amines) is 1. The summed E-state index contributed by atoms with van der Waals surface area (Å²) in [6.45, 7) is 0.658. The first-order valence-electron chi connectivity index (χ1n) is 5.89. The van der Waals surface area contributed by atoms with E-state index in [4.69, 9.17) is 5.73 Å². The molecule has 2 heterocycles. The summed E-state index contributed by atoms with van der Waals surface area (Å²) >= 11 is 1.21. The van der Waals surface area contributed by atoms with E-state index in [0.717, 1.165) is 0 Å². The number of anilines is 2. The fourth-order valence-corrected chi connectivity index (χ4v) is 2.67. The number of rotatable bonds is 3. The standard InChI is InChI=1S/C11H17N5O2S/c1-15(2)11-14-8(12)7(19-11)9(17)13-6-4-5-16(3)10(6)18/h6H,4-5,12H2,1-3H3,(H,13,17). The predicted molar refractivity (Wildman–Crippen MR) is 74.4 cm³/mol. The lowest BCUT2D eigenvalue weighted by atomic mass is 10.2. The third kappa shape index (κ3) is 2.62. The highest BCUT2D eigenvalue weighted by Crippen LogP contribution is 2.26. The van der Waals surface area contributed by atoms with Gasteiger partial charge in [-0.3, -0.25) is 9.59 Å². The van der Waals surface area contributed by atoms with Crippen LogP contribution >= 0.6 is 11.3 Å². The van der Waals surface area contributed by atoms with Crippen LogP contribution in [0.4, 0.5) is 10.9 Å². The minimum absolute atomic E-state index is 0.0655. The first-order chi connectivity index (χ1) is 8.90. The van der Waals surface area contributed by atoms with Crippen LogP contribution in [0, 0.1) is 0 Å². The average molecular weight is 283 g/mol. The number of carbonyl (C=O) groups excluding carboxylic acids is 2. The van der Waals surface area contributed by atoms with Gasteiger partial charge in [0.25, 0.3) is 5.91 Å². The van der Waals surface area contributed by atoms with E-state index in [0.29, 0.717) is 23.0 Å². The second-order valence-electron chi connectivity index (χ2n) is 4.68. The number of carbonyl (C=O) groups is 2. The Bertz CT molecular complexity index is 513. The molecule has 8 heteroatoms. The molecule has 3 N–H and O–H groups in total. The molecular formula is C11H17N5O2S. The first-order valence-corrected chi connectivity index (χ1v) is 6.71. The normalized spacial score (nSPS) is 18.8. The van der Waals surface area contributed by atoms with E-state index in [1.54, 1.807) is 16.8 Å². The van der Waals surface area contributed by atoms with E-state index in [9.17, 15) is 9.59 Å². The van der Waals surface area contributed by atoms with E-state index in [1.165, 1.54) is 11.3 Å². The number of hydrogen-bond acceptors (Lipinski definition) is 6. The summed E-state index contributed by atoms with van der Waals surface area (Å²) in [5, 5.41) is 3.37. The van der Waals surface area contributed by atoms with Crippen molar-refractivity contribution in [1.29, 1.82) is 0 Å². The molecule has 1 aromatic rings. The molecule has 0 radical (unpaired) electrons. The number of aromatic nitrogens is 1. The van der Waals surface area contributed by atoms with Gasteiger partial charge in [-0.2, -0.15) is 0 Å². The lowest BCUT2D eigenvalue weighted by Crippen LogP contribution is -2.40. The largest absolute Gasteiger partial charge is 0.382 e. The summed E-state index contributed by atoms with van der Waals surface area (Å²) in [6.07, 6.45) is 0.625. The summed E-state index contributed by atoms with van der Waals surface area (Å²) in [6, 6.07) is -0.457. The molecular weight excluding hydrogens is 266 g/mol. The maximum Gasteiger partial charge on any atom is 0.265 e. The van der Waals surface area contributed by atoms with Crippen LogP contribution in [0.2, 0.25) is 0 Å². The van der Waals surface area contributed by atoms with Crippen molar-refractivity contribution in [2.75, 3.05) is 38.3 Å². The van der Waals surface area contributed by atoms with E-state index in [2.05, 4.69) is 10.3 Å². The van der Waals surface area contributed by atoms with Crippen LogP contribution in [0.5, 0.6) is 0 Å². The van der Waals surface area contributed by atoms with Gasteiger partial charge in [-0.25, -0.2) is 4.98 Å². The molecule has 1 unspecified atom stereocenters. The highest BCUT2D eigenvalue weighted by Gasteiger charge is 2.31. The van der Waals surface area contributed by atoms with Gasteiger partial charge in [0.2, 0.25) is 5.91 Å². The number of nitrogens with two attached hydrogens (primary N) is 1. The van der Waals surface area contributed by atoms with E-state index in [-0.39, 0.29) is 17.6 Å². The zero-order valence-corrected chi connectivity index (χ0v) is 12.0. The zero-order chi connectivity index (χ0) is 14.2. The van der Waals surface area contributed by atoms with Crippen molar-refractivity contribution in [2.24, 2.45) is 0 Å². The van der Waals surface area contributed by atoms with E-state index < -0.39 is 6.04 Å². The van der Waals surface area contributed by atoms with Crippen LogP contribution in [-0.4, -0.2) is 55.4 Å². The molecule has 1 aromatic heterocycles. The Hall–Kier alpha value is -1.83. The highest BCUT2D eigenvalue weighted by molar-refractivity contribution is 7.18. The smallest absolute Gasteiger partial charge is 0.265 e. The minimum atomic E-state index is -0.457. The summed E-state index contributed by atoms with van der Waals surface area (Å²) in [5.41, 5.74) is 5.73. The molecule has 1 saturated heterocycles. The van der Waals surface area contributed by atoms with Gasteiger partial charge >= 0.3 is 0 Å². The van der Waals surface area contributed by atoms with E-state index in [1.807, 2.05) is 14.1 Å². The quantitative estimate of drug-likeness (QED) is 0.798. The Balaban J connectivity index is 2.10. The Morgan fingerprint density at radius 2 is 2.26 bits per heavy atom. The van der Waals surface area contributed by atoms with Crippen molar-refractivity contribution < 1.29 is 9.59 Å². The summed E-state index contributed by atoms with van der Waals surface area (Å²) in [5.74, 6) is -0.203. The van der Waals surface area contributed by atoms with Crippen LogP contribution in [-0.2, 0) is 4.79 Å². The number of likely N-dealkylation sites (N-methyl/N-ethyl adjacent to an activating group) is 1. The van der Waals surface area contributed by atoms with Gasteiger partial charge in [0.05, 0.1) is 0 Å². The van der Waals surface area contributed by atoms with Gasteiger partial charge in [0, 0.05) is 27.7 Å². The summed E-state index contributed by atoms with van der Waals surface area (Å²) in [4.78, 5) is 31.7. The van der Waals surface area contributed by atoms with Gasteiger partial charge < -0.3 is 20.9 Å². The minimum Gasteiger partial charge on any atom is -0.382 e. The fourth-order valence-electron chi connectivity index (χ4n) is 1.85. The SMILES string of the molecule is CN1CCC(NC(=O)c2sc(N(C)C)nc2N)C1=O. The van der Waals surface area contributed by atoms with Gasteiger partial charge in [-0.05, 0) is 6.42 Å². The number of nitrogens with zero attached hydrogens (tertiary/aromatic N) is 3. The number of thiazole rings is 1. The Morgan fingerprint density at radius 3 is 2.74 bits per heavy atom. The third-order valence-corrected chi connectivity index (χ3v) is 4.20. The fraction of sp³-hybridized carbons (Fsp3) is 0.545. The van der Waals surface area contributed by atoms with Crippen molar-refractivity contribution in [1.82, 2.24) is 15.2 Å². The highest BCUT2D eigenvalue weighted by atomic mass is 32.1. The van der Waals surface area contributed by atoms with Gasteiger partial charge in [-0.1, -0.05) is 11.3 Å². The average Bonchev–Trinajstić information content (AvgIpc) is 2.87. The first kappa shape index (κ1) is 13.6. The van der Waals surface area contributed by atoms with Crippen LogP contribution in [0.1, 0.15) is 16.1 Å². The second-order valence-corrected chi connectivity index (χ2v) is 5.66. The summed E-state index contributed by atoms with van der Waals surface area (Å²) < 4.78 is 0. The second kappa shape index (κ2) is 5.04. The molecule has 2 amide bonds. The third-order valence-electron chi connectivity index (χ3n) is 2.96. The topological polar surface area (TPSA) is 91.6 Å². The molecule has 0 saturated carbocycles. The maximum absolute atomic E-state index is 12.1. The van der Waals surface area contributed by atoms with Crippen molar-refractivity contribution in [3.63, 3.8) is 0 Å². The molecule has 2 rings (SSSR count). The van der Waals surface area contributed by atoms with Gasteiger partial charge in [-0.15, -0.1) is 0 Å². The molecule has 0 aromatic carbocycles. The number of hydrogen-bond donors (Lipinski definition) is 2. The van der Waals surface area contributed by atoms with Gasteiger partial charge in [0.15, 0.2) is 5.13 Å². The van der Waals surface area contributed by atoms with Crippen LogP contribution in [0.3, 0.4) is 0 Å². The molecule has 0 spiro atoms. The Labute approximate surface area is 115 Å². The number of amides is 2. The molecule has 1 aliphatic heterocycles. The van der Waals surface area contributed by atoms with E-state index >= 15 is 0 Å². The molecule has 1 atom stereocenters. The maximum atomic E-state index is 12.1. The van der Waals surface area contributed by atoms with Crippen molar-refractivity contribution in [2.45, 2.75) is 12.5 Å². The molecule has 104 valence electrons. The van der Waals surface area contributed by atoms with Crippen LogP contribution < -0.4 is 16.0 Å². The molecule has 1 fully saturated rings. The monoisotopic (exact) mass is 283 g/mol. The predicted octanol–water partition coefficient (Wildman–Crippen LogP) is -0.248. The lowest BCUT2D eigenvalue weighted by Gasteiger charge is -2.11. The lowest BCUT2D eigenvalue weighted by molar-refractivity contribution is -0.128. The number of nitrogens with one attached hydrogen (secondary N) is 1. The Kier molecular flexibility index (Phi) is 3.61. The van der Waals surface area contributed by atoms with Crippen molar-refractivity contribution >= 4 is 34.1 Å². The molecule has 19 heavy (non-hydrogen) atoms. The molecule has 1 aliphatic rings. The number of nitrogen functional groups attached to an aromatic ring is 1. The molecule has 0 aliphatic carbocycles. The summed E-state index contributed by atoms with van der Waals surface area (Å²) in [7, 11) is 5.38. The van der Waals surface area contributed by atoms with Gasteiger partial charge in [0.1, 0.15) is 16.7 Å². The zero-order valence-electron chi connectivity index (χ0n) is 11.1. The Morgan fingerprint density at radius 1 is 1.58 bits per heavy atom.